The molecular formula is C28H34F3N5O2SSi. The second-order valence-corrected chi connectivity index (χ2v) is 17.9. The first-order valence-electron chi connectivity index (χ1n) is 13.2. The third kappa shape index (κ3) is 5.24. The highest BCUT2D eigenvalue weighted by molar-refractivity contribution is 7.15. The van der Waals surface area contributed by atoms with E-state index in [1.54, 1.807) is 17.0 Å². The maximum Gasteiger partial charge on any atom is 0.416 e. The number of carbonyl (C=O) groups excluding carboxylic acids is 1. The molecule has 1 saturated heterocycles. The molecule has 2 bridgehead atoms. The average molecular weight is 590 g/mol. The quantitative estimate of drug-likeness (QED) is 0.320. The number of urea groups is 1. The van der Waals surface area contributed by atoms with E-state index in [9.17, 15) is 18.0 Å². The first kappa shape index (κ1) is 28.6. The summed E-state index contributed by atoms with van der Waals surface area (Å²) in [4.78, 5) is 28.0. The van der Waals surface area contributed by atoms with Crippen LogP contribution in [0.5, 0.6) is 0 Å². The number of hydrogen-bond acceptors (Lipinski definition) is 6. The monoisotopic (exact) mass is 589 g/mol. The summed E-state index contributed by atoms with van der Waals surface area (Å²) in [5.74, 6) is 0.398. The van der Waals surface area contributed by atoms with Gasteiger partial charge in [0.05, 0.1) is 34.8 Å². The number of fused-ring (bicyclic) bond motifs is 4. The first-order chi connectivity index (χ1) is 18.5. The lowest BCUT2D eigenvalue weighted by Gasteiger charge is -2.41. The highest BCUT2D eigenvalue weighted by Crippen LogP contribution is 2.45. The topological polar surface area (TPSA) is 70.6 Å². The summed E-state index contributed by atoms with van der Waals surface area (Å²) in [7, 11) is -2.19. The molecule has 40 heavy (non-hydrogen) atoms. The number of aryl methyl sites for hydroxylation is 2. The Hall–Kier alpha value is -2.96. The molecule has 2 atom stereocenters. The Morgan fingerprint density at radius 2 is 1.82 bits per heavy atom. The molecule has 214 valence electrons. The van der Waals surface area contributed by atoms with Crippen molar-refractivity contribution in [2.45, 2.75) is 71.1 Å². The van der Waals surface area contributed by atoms with E-state index in [4.69, 9.17) is 9.41 Å². The second kappa shape index (κ2) is 9.84. The van der Waals surface area contributed by atoms with Crippen molar-refractivity contribution in [3.05, 3.63) is 52.5 Å². The Morgan fingerprint density at radius 3 is 2.45 bits per heavy atom. The number of pyridine rings is 1. The van der Waals surface area contributed by atoms with E-state index in [0.717, 1.165) is 28.4 Å². The maximum atomic E-state index is 13.9. The smallest absolute Gasteiger partial charge is 0.410 e. The number of aromatic nitrogens is 2. The van der Waals surface area contributed by atoms with Crippen LogP contribution in [0.3, 0.4) is 0 Å². The molecule has 3 aromatic rings. The Labute approximate surface area is 237 Å². The number of nitrogens with one attached hydrogen (secondary N) is 1. The van der Waals surface area contributed by atoms with Crippen LogP contribution in [-0.2, 0) is 10.6 Å². The number of hydrogen-bond donors (Lipinski definition) is 1. The minimum atomic E-state index is -4.47. The van der Waals surface area contributed by atoms with Gasteiger partial charge < -0.3 is 9.33 Å². The van der Waals surface area contributed by atoms with Crippen molar-refractivity contribution in [2.75, 3.05) is 28.2 Å². The van der Waals surface area contributed by atoms with Crippen LogP contribution >= 0.6 is 11.3 Å². The van der Waals surface area contributed by atoms with Crippen LogP contribution in [0.2, 0.25) is 18.1 Å². The standard InChI is InChI=1S/C28H34F3N5O2SSi/c1-16-17(2)39-25(32-16)34-26(37)36-22-14-35(15-23(22)38-40(6,7)27(3,4)5)21-12-11-20(33-24(21)36)18-9-8-10-19(13-18)28(29,30)31/h8-13,22-23H,14-15H2,1-7H3,(H,32,34,37)/t22-,23-/m1/s1. The normalized spacial score (nSPS) is 19.1. The Morgan fingerprint density at radius 1 is 1.10 bits per heavy atom. The number of alkyl halides is 3. The van der Waals surface area contributed by atoms with Crippen molar-refractivity contribution in [1.82, 2.24) is 9.97 Å². The van der Waals surface area contributed by atoms with Gasteiger partial charge in [-0.15, -0.1) is 11.3 Å². The van der Waals surface area contributed by atoms with Gasteiger partial charge in [0.25, 0.3) is 0 Å². The Balaban J connectivity index is 1.56. The summed E-state index contributed by atoms with van der Waals surface area (Å²) < 4.78 is 47.1. The van der Waals surface area contributed by atoms with Crippen molar-refractivity contribution >= 4 is 42.3 Å². The van der Waals surface area contributed by atoms with Crippen LogP contribution in [0.1, 0.15) is 36.9 Å². The molecule has 1 aromatic carbocycles. The summed E-state index contributed by atoms with van der Waals surface area (Å²) in [5.41, 5.74) is 1.52. The van der Waals surface area contributed by atoms with Crippen LogP contribution in [0.25, 0.3) is 11.3 Å². The van der Waals surface area contributed by atoms with Gasteiger partial charge in [0.15, 0.2) is 19.3 Å². The molecule has 12 heteroatoms. The highest BCUT2D eigenvalue weighted by Gasteiger charge is 2.50. The third-order valence-electron chi connectivity index (χ3n) is 8.19. The zero-order chi connectivity index (χ0) is 29.2. The Kier molecular flexibility index (Phi) is 7.03. The van der Waals surface area contributed by atoms with Crippen molar-refractivity contribution in [1.29, 1.82) is 0 Å². The largest absolute Gasteiger partial charge is 0.416 e. The number of amides is 2. The molecule has 5 rings (SSSR count). The molecule has 2 aromatic heterocycles. The molecule has 2 aliphatic heterocycles. The predicted molar refractivity (Wildman–Crippen MR) is 156 cm³/mol. The minimum Gasteiger partial charge on any atom is -0.410 e. The molecule has 0 spiro atoms. The molecule has 2 amide bonds. The fraction of sp³-hybridized carbons (Fsp3) is 0.464. The van der Waals surface area contributed by atoms with Crippen LogP contribution in [-0.4, -0.2) is 49.6 Å². The van der Waals surface area contributed by atoms with Gasteiger partial charge in [-0.05, 0) is 56.2 Å². The number of anilines is 3. The lowest BCUT2D eigenvalue weighted by atomic mass is 10.1. The fourth-order valence-electron chi connectivity index (χ4n) is 4.83. The highest BCUT2D eigenvalue weighted by atomic mass is 32.1. The number of thiazole rings is 1. The number of rotatable bonds is 4. The molecule has 0 aliphatic carbocycles. The van der Waals surface area contributed by atoms with Crippen molar-refractivity contribution < 1.29 is 22.4 Å². The molecule has 0 unspecified atom stereocenters. The van der Waals surface area contributed by atoms with Crippen LogP contribution in [0.15, 0.2) is 36.4 Å². The molecule has 1 fully saturated rings. The predicted octanol–water partition coefficient (Wildman–Crippen LogP) is 7.47. The van der Waals surface area contributed by atoms with Gasteiger partial charge in [-0.25, -0.2) is 14.8 Å². The molecule has 7 nitrogen and oxygen atoms in total. The van der Waals surface area contributed by atoms with Gasteiger partial charge in [-0.1, -0.05) is 32.9 Å². The van der Waals surface area contributed by atoms with E-state index in [2.05, 4.69) is 49.1 Å². The number of benzene rings is 1. The number of halogens is 3. The fourth-order valence-corrected chi connectivity index (χ4v) is 6.98. The second-order valence-electron chi connectivity index (χ2n) is 12.0. The molecular weight excluding hydrogens is 555 g/mol. The number of nitrogens with zero attached hydrogens (tertiary/aromatic N) is 4. The third-order valence-corrected chi connectivity index (χ3v) is 13.7. The number of carbonyl (C=O) groups is 1. The first-order valence-corrected chi connectivity index (χ1v) is 16.9. The summed E-state index contributed by atoms with van der Waals surface area (Å²) >= 11 is 1.39. The molecule has 0 saturated carbocycles. The SMILES string of the molecule is Cc1nc(NC(=O)N2c3nc(-c4cccc(C(F)(F)F)c4)ccc3N3C[C@@H]2[C@H](O[Si](C)(C)C(C)(C)C)C3)sc1C. The zero-order valence-corrected chi connectivity index (χ0v) is 25.5. The van der Waals surface area contributed by atoms with Crippen LogP contribution in [0.4, 0.5) is 34.6 Å². The lowest BCUT2D eigenvalue weighted by Crippen LogP contribution is -2.55. The molecule has 0 radical (unpaired) electrons. The van der Waals surface area contributed by atoms with Gasteiger partial charge >= 0.3 is 12.2 Å². The zero-order valence-electron chi connectivity index (χ0n) is 23.7. The van der Waals surface area contributed by atoms with Crippen molar-refractivity contribution in [3.8, 4) is 11.3 Å². The van der Waals surface area contributed by atoms with E-state index >= 15 is 0 Å². The minimum absolute atomic E-state index is 0.0240. The van der Waals surface area contributed by atoms with Gasteiger partial charge in [0.1, 0.15) is 0 Å². The maximum absolute atomic E-state index is 13.9. The van der Waals surface area contributed by atoms with E-state index in [0.29, 0.717) is 35.3 Å². The van der Waals surface area contributed by atoms with Gasteiger partial charge in [0.2, 0.25) is 0 Å². The van der Waals surface area contributed by atoms with E-state index in [-0.39, 0.29) is 23.2 Å². The Bertz CT molecular complexity index is 1430. The van der Waals surface area contributed by atoms with Crippen LogP contribution < -0.4 is 15.1 Å². The van der Waals surface area contributed by atoms with E-state index < -0.39 is 20.1 Å². The van der Waals surface area contributed by atoms with Gasteiger partial charge in [-0.3, -0.25) is 10.2 Å². The van der Waals surface area contributed by atoms with Crippen molar-refractivity contribution in [3.63, 3.8) is 0 Å². The molecule has 4 heterocycles. The lowest BCUT2D eigenvalue weighted by molar-refractivity contribution is -0.137. The van der Waals surface area contributed by atoms with Crippen molar-refractivity contribution in [2.24, 2.45) is 0 Å². The summed E-state index contributed by atoms with van der Waals surface area (Å²) in [6.45, 7) is 15.9. The molecule has 2 aliphatic rings. The van der Waals surface area contributed by atoms with Crippen LogP contribution in [0, 0.1) is 13.8 Å². The molecule has 1 N–H and O–H groups in total. The van der Waals surface area contributed by atoms with Gasteiger partial charge in [0, 0.05) is 23.5 Å². The van der Waals surface area contributed by atoms with E-state index in [1.165, 1.54) is 17.4 Å². The summed E-state index contributed by atoms with van der Waals surface area (Å²) in [6.07, 6.45) is -4.73. The summed E-state index contributed by atoms with van der Waals surface area (Å²) in [5, 5.41) is 3.40. The average Bonchev–Trinajstić information content (AvgIpc) is 3.36. The van der Waals surface area contributed by atoms with Gasteiger partial charge in [-0.2, -0.15) is 13.2 Å². The summed E-state index contributed by atoms with van der Waals surface area (Å²) in [6, 6.07) is 7.91. The van der Waals surface area contributed by atoms with E-state index in [1.807, 2.05) is 19.9 Å².